The Balaban J connectivity index is 2.42. The average Bonchev–Trinajstić information content (AvgIpc) is 2.75. The van der Waals surface area contributed by atoms with Gasteiger partial charge in [0.2, 0.25) is 5.28 Å². The summed E-state index contributed by atoms with van der Waals surface area (Å²) < 4.78 is 7.21. The van der Waals surface area contributed by atoms with Gasteiger partial charge in [-0.15, -0.1) is 0 Å². The van der Waals surface area contributed by atoms with Crippen molar-refractivity contribution in [2.45, 2.75) is 33.4 Å². The van der Waals surface area contributed by atoms with Crippen LogP contribution in [0.4, 0.5) is 0 Å². The number of rotatable bonds is 4. The maximum Gasteiger partial charge on any atom is 0.321 e. The third-order valence-corrected chi connectivity index (χ3v) is 2.34. The van der Waals surface area contributed by atoms with Gasteiger partial charge in [-0.1, -0.05) is 0 Å². The standard InChI is InChI=1S/C11H14ClN5O/c1-4-17-8(5-6-13-17)9-14-10(12)16-11(15-9)18-7(2)3/h5-7H,4H2,1-3H3. The predicted molar refractivity (Wildman–Crippen MR) is 67.5 cm³/mol. The predicted octanol–water partition coefficient (Wildman–Crippen LogP) is 2.20. The molecule has 18 heavy (non-hydrogen) atoms. The summed E-state index contributed by atoms with van der Waals surface area (Å²) in [7, 11) is 0. The quantitative estimate of drug-likeness (QED) is 0.850. The van der Waals surface area contributed by atoms with Crippen LogP contribution in [0.1, 0.15) is 20.8 Å². The molecule has 0 aliphatic rings. The molecule has 7 heteroatoms. The number of nitrogens with zero attached hydrogens (tertiary/aromatic N) is 5. The monoisotopic (exact) mass is 267 g/mol. The topological polar surface area (TPSA) is 65.7 Å². The molecule has 0 saturated carbocycles. The lowest BCUT2D eigenvalue weighted by molar-refractivity contribution is 0.221. The second kappa shape index (κ2) is 5.30. The van der Waals surface area contributed by atoms with Gasteiger partial charge in [0.05, 0.1) is 6.10 Å². The number of ether oxygens (including phenoxy) is 1. The highest BCUT2D eigenvalue weighted by atomic mass is 35.5. The van der Waals surface area contributed by atoms with Crippen LogP contribution in [0.15, 0.2) is 12.3 Å². The summed E-state index contributed by atoms with van der Waals surface area (Å²) in [5, 5.41) is 4.27. The molecule has 0 radical (unpaired) electrons. The van der Waals surface area contributed by atoms with Gasteiger partial charge >= 0.3 is 6.01 Å². The van der Waals surface area contributed by atoms with E-state index in [1.807, 2.05) is 26.8 Å². The second-order valence-electron chi connectivity index (χ2n) is 3.91. The molecule has 0 N–H and O–H groups in total. The van der Waals surface area contributed by atoms with Crippen LogP contribution < -0.4 is 4.74 Å². The van der Waals surface area contributed by atoms with Gasteiger partial charge in [0.15, 0.2) is 5.82 Å². The number of halogens is 1. The largest absolute Gasteiger partial charge is 0.461 e. The first-order valence-electron chi connectivity index (χ1n) is 5.70. The van der Waals surface area contributed by atoms with Gasteiger partial charge in [0.25, 0.3) is 0 Å². The van der Waals surface area contributed by atoms with Crippen LogP contribution in [0, 0.1) is 0 Å². The van der Waals surface area contributed by atoms with E-state index in [2.05, 4.69) is 20.1 Å². The minimum absolute atomic E-state index is 0.0209. The van der Waals surface area contributed by atoms with Crippen LogP contribution in [0.5, 0.6) is 6.01 Å². The van der Waals surface area contributed by atoms with Crippen molar-refractivity contribution in [3.8, 4) is 17.5 Å². The van der Waals surface area contributed by atoms with Crippen LogP contribution in [-0.2, 0) is 6.54 Å². The fourth-order valence-corrected chi connectivity index (χ4v) is 1.64. The number of aryl methyl sites for hydroxylation is 1. The lowest BCUT2D eigenvalue weighted by atomic mass is 10.4. The van der Waals surface area contributed by atoms with E-state index in [1.165, 1.54) is 0 Å². The van der Waals surface area contributed by atoms with E-state index >= 15 is 0 Å². The molecule has 0 fully saturated rings. The Bertz CT molecular complexity index is 540. The molecule has 96 valence electrons. The van der Waals surface area contributed by atoms with Crippen LogP contribution in [0.2, 0.25) is 5.28 Å². The van der Waals surface area contributed by atoms with E-state index < -0.39 is 0 Å². The number of aromatic nitrogens is 5. The van der Waals surface area contributed by atoms with Gasteiger partial charge in [-0.05, 0) is 38.4 Å². The van der Waals surface area contributed by atoms with Gasteiger partial charge < -0.3 is 4.74 Å². The van der Waals surface area contributed by atoms with E-state index in [1.54, 1.807) is 10.9 Å². The second-order valence-corrected chi connectivity index (χ2v) is 4.25. The summed E-state index contributed by atoms with van der Waals surface area (Å²) in [6.07, 6.45) is 1.67. The summed E-state index contributed by atoms with van der Waals surface area (Å²) in [4.78, 5) is 12.3. The van der Waals surface area contributed by atoms with Crippen molar-refractivity contribution in [3.05, 3.63) is 17.5 Å². The van der Waals surface area contributed by atoms with E-state index in [0.29, 0.717) is 5.82 Å². The van der Waals surface area contributed by atoms with Gasteiger partial charge in [0.1, 0.15) is 5.69 Å². The fraction of sp³-hybridized carbons (Fsp3) is 0.455. The van der Waals surface area contributed by atoms with Crippen LogP contribution in [0.3, 0.4) is 0 Å². The van der Waals surface area contributed by atoms with Gasteiger partial charge in [-0.2, -0.15) is 20.1 Å². The molecular formula is C11H14ClN5O. The molecule has 0 aliphatic heterocycles. The summed E-state index contributed by atoms with van der Waals surface area (Å²) in [5.41, 5.74) is 0.787. The Kier molecular flexibility index (Phi) is 3.76. The zero-order valence-electron chi connectivity index (χ0n) is 10.5. The van der Waals surface area contributed by atoms with Crippen molar-refractivity contribution < 1.29 is 4.74 Å². The maximum absolute atomic E-state index is 5.87. The molecule has 0 unspecified atom stereocenters. The molecule has 0 spiro atoms. The minimum atomic E-state index is -0.0209. The molecular weight excluding hydrogens is 254 g/mol. The van der Waals surface area contributed by atoms with Crippen molar-refractivity contribution in [3.63, 3.8) is 0 Å². The smallest absolute Gasteiger partial charge is 0.321 e. The molecule has 6 nitrogen and oxygen atoms in total. The van der Waals surface area contributed by atoms with Crippen LogP contribution >= 0.6 is 11.6 Å². The first-order chi connectivity index (χ1) is 8.60. The normalized spacial score (nSPS) is 10.9. The highest BCUT2D eigenvalue weighted by Gasteiger charge is 2.12. The van der Waals surface area contributed by atoms with Crippen molar-refractivity contribution in [2.75, 3.05) is 0 Å². The van der Waals surface area contributed by atoms with E-state index in [9.17, 15) is 0 Å². The van der Waals surface area contributed by atoms with Gasteiger partial charge in [-0.25, -0.2) is 0 Å². The van der Waals surface area contributed by atoms with Gasteiger partial charge in [0, 0.05) is 12.7 Å². The molecule has 0 aromatic carbocycles. The highest BCUT2D eigenvalue weighted by molar-refractivity contribution is 6.28. The maximum atomic E-state index is 5.87. The van der Waals surface area contributed by atoms with Crippen LogP contribution in [-0.4, -0.2) is 30.8 Å². The Morgan fingerprint density at radius 2 is 2.11 bits per heavy atom. The van der Waals surface area contributed by atoms with E-state index in [0.717, 1.165) is 12.2 Å². The highest BCUT2D eigenvalue weighted by Crippen LogP contribution is 2.19. The minimum Gasteiger partial charge on any atom is -0.461 e. The van der Waals surface area contributed by atoms with E-state index in [-0.39, 0.29) is 17.4 Å². The summed E-state index contributed by atoms with van der Waals surface area (Å²) in [6.45, 7) is 6.51. The molecule has 2 aromatic heterocycles. The number of hydrogen-bond donors (Lipinski definition) is 0. The van der Waals surface area contributed by atoms with Gasteiger partial charge in [-0.3, -0.25) is 4.68 Å². The molecule has 2 aromatic rings. The van der Waals surface area contributed by atoms with E-state index in [4.69, 9.17) is 16.3 Å². The average molecular weight is 268 g/mol. The third-order valence-electron chi connectivity index (χ3n) is 2.17. The first kappa shape index (κ1) is 12.8. The third kappa shape index (κ3) is 2.76. The zero-order chi connectivity index (χ0) is 13.1. The summed E-state index contributed by atoms with van der Waals surface area (Å²) in [5.74, 6) is 0.463. The van der Waals surface area contributed by atoms with Crippen molar-refractivity contribution in [1.82, 2.24) is 24.7 Å². The molecule has 2 rings (SSSR count). The van der Waals surface area contributed by atoms with Crippen LogP contribution in [0.25, 0.3) is 11.5 Å². The molecule has 0 bridgehead atoms. The summed E-state index contributed by atoms with van der Waals surface area (Å²) in [6, 6.07) is 2.05. The molecule has 0 amide bonds. The first-order valence-corrected chi connectivity index (χ1v) is 6.08. The molecule has 0 saturated heterocycles. The Labute approximate surface area is 110 Å². The molecule has 2 heterocycles. The number of hydrogen-bond acceptors (Lipinski definition) is 5. The molecule has 0 atom stereocenters. The zero-order valence-corrected chi connectivity index (χ0v) is 11.2. The Hall–Kier alpha value is -1.69. The Morgan fingerprint density at radius 1 is 1.33 bits per heavy atom. The molecule has 0 aliphatic carbocycles. The lowest BCUT2D eigenvalue weighted by Crippen LogP contribution is -2.10. The Morgan fingerprint density at radius 3 is 2.78 bits per heavy atom. The van der Waals surface area contributed by atoms with Crippen molar-refractivity contribution in [2.24, 2.45) is 0 Å². The van der Waals surface area contributed by atoms with Crippen molar-refractivity contribution in [1.29, 1.82) is 0 Å². The fourth-order valence-electron chi connectivity index (χ4n) is 1.48. The summed E-state index contributed by atoms with van der Waals surface area (Å²) >= 11 is 5.87. The SMILES string of the molecule is CCn1nccc1-c1nc(Cl)nc(OC(C)C)n1. The van der Waals surface area contributed by atoms with Crippen molar-refractivity contribution >= 4 is 11.6 Å². The lowest BCUT2D eigenvalue weighted by Gasteiger charge is -2.09.